The minimum atomic E-state index is -1.13. The standard InChI is InChI=1S/C37H47N3O7/c1-5-22-38(26-14-18-29(19-15-26)46-7-3)34(42)31-30-20-21-37(47-30)32(31)35(43)40(24-10-8-9-11-25-41)33(37)36(44)39(23-6-2)27-12-16-28(45-4)17-13-27/h5-6,12-19,30-33,41H,1-2,7-11,20-25H2,3-4H3/t30-,31+,32+,33?,37?/m1/s1. The summed E-state index contributed by atoms with van der Waals surface area (Å²) in [6, 6.07) is 13.6. The SMILES string of the molecule is C=CCN(C(=O)C1N(CCCCCCO)C(=O)[C@@H]2[C@@H](C(=O)N(CC=C)c3ccc(OCC)cc3)[C@H]3CCC12O3)c1ccc(OC)cc1. The molecular weight excluding hydrogens is 598 g/mol. The number of carbonyl (C=O) groups excluding carboxylic acids is 3. The fraction of sp³-hybridized carbons (Fsp3) is 0.486. The first kappa shape index (κ1) is 34.2. The average Bonchev–Trinajstić information content (AvgIpc) is 3.73. The molecule has 3 saturated heterocycles. The van der Waals surface area contributed by atoms with Gasteiger partial charge in [-0.25, -0.2) is 0 Å². The van der Waals surface area contributed by atoms with Crippen LogP contribution in [-0.2, 0) is 19.1 Å². The zero-order chi connectivity index (χ0) is 33.6. The van der Waals surface area contributed by atoms with Crippen LogP contribution < -0.4 is 19.3 Å². The Bertz CT molecular complexity index is 1430. The predicted molar refractivity (Wildman–Crippen MR) is 181 cm³/mol. The van der Waals surface area contributed by atoms with Crippen molar-refractivity contribution in [3.05, 3.63) is 73.8 Å². The monoisotopic (exact) mass is 645 g/mol. The van der Waals surface area contributed by atoms with Crippen molar-refractivity contribution in [2.45, 2.75) is 63.2 Å². The molecule has 0 radical (unpaired) electrons. The lowest BCUT2D eigenvalue weighted by molar-refractivity contribution is -0.140. The number of nitrogens with zero attached hydrogens (tertiary/aromatic N) is 3. The van der Waals surface area contributed by atoms with Crippen molar-refractivity contribution in [2.75, 3.05) is 49.8 Å². The quantitative estimate of drug-likeness (QED) is 0.195. The van der Waals surface area contributed by atoms with Crippen LogP contribution in [0.15, 0.2) is 73.8 Å². The van der Waals surface area contributed by atoms with E-state index in [2.05, 4.69) is 13.2 Å². The highest BCUT2D eigenvalue weighted by Gasteiger charge is 2.75. The maximum atomic E-state index is 14.7. The second-order valence-corrected chi connectivity index (χ2v) is 12.3. The third kappa shape index (κ3) is 6.53. The molecule has 3 heterocycles. The summed E-state index contributed by atoms with van der Waals surface area (Å²) in [5.41, 5.74) is 0.193. The van der Waals surface area contributed by atoms with Crippen LogP contribution >= 0.6 is 0 Å². The zero-order valence-corrected chi connectivity index (χ0v) is 27.5. The molecule has 5 rings (SSSR count). The van der Waals surface area contributed by atoms with Gasteiger partial charge in [0.1, 0.15) is 23.1 Å². The molecule has 2 bridgehead atoms. The largest absolute Gasteiger partial charge is 0.497 e. The topological polar surface area (TPSA) is 109 Å². The van der Waals surface area contributed by atoms with E-state index >= 15 is 0 Å². The van der Waals surface area contributed by atoms with Crippen LogP contribution in [0.3, 0.4) is 0 Å². The first-order valence-corrected chi connectivity index (χ1v) is 16.7. The highest BCUT2D eigenvalue weighted by atomic mass is 16.5. The van der Waals surface area contributed by atoms with E-state index in [-0.39, 0.29) is 37.4 Å². The van der Waals surface area contributed by atoms with Crippen LogP contribution in [0.4, 0.5) is 11.4 Å². The van der Waals surface area contributed by atoms with Gasteiger partial charge in [-0.15, -0.1) is 13.2 Å². The maximum absolute atomic E-state index is 14.7. The van der Waals surface area contributed by atoms with E-state index in [0.717, 1.165) is 12.8 Å². The van der Waals surface area contributed by atoms with E-state index < -0.39 is 29.6 Å². The number of likely N-dealkylation sites (tertiary alicyclic amines) is 1. The Morgan fingerprint density at radius 2 is 1.55 bits per heavy atom. The van der Waals surface area contributed by atoms with Crippen molar-refractivity contribution in [3.63, 3.8) is 0 Å². The molecule has 3 aliphatic heterocycles. The molecule has 47 heavy (non-hydrogen) atoms. The number of hydrogen-bond donors (Lipinski definition) is 1. The lowest BCUT2D eigenvalue weighted by Gasteiger charge is -2.37. The number of fused-ring (bicyclic) bond motifs is 1. The molecule has 10 heteroatoms. The van der Waals surface area contributed by atoms with E-state index in [0.29, 0.717) is 61.7 Å². The zero-order valence-electron chi connectivity index (χ0n) is 27.5. The van der Waals surface area contributed by atoms with Crippen molar-refractivity contribution < 1.29 is 33.7 Å². The highest BCUT2D eigenvalue weighted by Crippen LogP contribution is 2.59. The molecular formula is C37H47N3O7. The molecule has 1 spiro atoms. The van der Waals surface area contributed by atoms with Gasteiger partial charge in [0, 0.05) is 37.6 Å². The minimum absolute atomic E-state index is 0.113. The number of unbranched alkanes of at least 4 members (excludes halogenated alkanes) is 3. The molecule has 3 aliphatic rings. The van der Waals surface area contributed by atoms with Crippen LogP contribution in [0.25, 0.3) is 0 Å². The smallest absolute Gasteiger partial charge is 0.253 e. The molecule has 0 aliphatic carbocycles. The first-order chi connectivity index (χ1) is 22.8. The van der Waals surface area contributed by atoms with Gasteiger partial charge in [-0.1, -0.05) is 25.0 Å². The molecule has 0 aromatic heterocycles. The van der Waals surface area contributed by atoms with Gasteiger partial charge in [0.25, 0.3) is 5.91 Å². The van der Waals surface area contributed by atoms with Gasteiger partial charge >= 0.3 is 0 Å². The van der Waals surface area contributed by atoms with E-state index in [4.69, 9.17) is 14.2 Å². The van der Waals surface area contributed by atoms with Gasteiger partial charge in [0.2, 0.25) is 11.8 Å². The van der Waals surface area contributed by atoms with Crippen LogP contribution in [0.5, 0.6) is 11.5 Å². The number of aliphatic hydroxyl groups is 1. The van der Waals surface area contributed by atoms with Crippen molar-refractivity contribution >= 4 is 29.1 Å². The normalized spacial score (nSPS) is 24.1. The Morgan fingerprint density at radius 3 is 2.13 bits per heavy atom. The van der Waals surface area contributed by atoms with E-state index in [9.17, 15) is 19.5 Å². The summed E-state index contributed by atoms with van der Waals surface area (Å²) in [6.45, 7) is 11.2. The Kier molecular flexibility index (Phi) is 11.0. The summed E-state index contributed by atoms with van der Waals surface area (Å²) >= 11 is 0. The average molecular weight is 646 g/mol. The third-order valence-electron chi connectivity index (χ3n) is 9.63. The molecule has 5 atom stereocenters. The number of aliphatic hydroxyl groups excluding tert-OH is 1. The first-order valence-electron chi connectivity index (χ1n) is 16.7. The number of ether oxygens (including phenoxy) is 3. The van der Waals surface area contributed by atoms with Gasteiger partial charge in [-0.3, -0.25) is 14.4 Å². The van der Waals surface area contributed by atoms with E-state index in [1.54, 1.807) is 46.1 Å². The maximum Gasteiger partial charge on any atom is 0.253 e. The number of rotatable bonds is 17. The molecule has 3 fully saturated rings. The van der Waals surface area contributed by atoms with Gasteiger partial charge in [0.15, 0.2) is 0 Å². The number of methoxy groups -OCH3 is 1. The van der Waals surface area contributed by atoms with Gasteiger partial charge in [-0.05, 0) is 81.1 Å². The number of anilines is 2. The minimum Gasteiger partial charge on any atom is -0.497 e. The second-order valence-electron chi connectivity index (χ2n) is 12.3. The van der Waals surface area contributed by atoms with Crippen LogP contribution in [0, 0.1) is 11.8 Å². The Balaban J connectivity index is 1.50. The molecule has 2 aromatic carbocycles. The third-order valence-corrected chi connectivity index (χ3v) is 9.63. The molecule has 0 saturated carbocycles. The Labute approximate surface area is 277 Å². The summed E-state index contributed by atoms with van der Waals surface area (Å²) in [7, 11) is 1.58. The molecule has 10 nitrogen and oxygen atoms in total. The predicted octanol–water partition coefficient (Wildman–Crippen LogP) is 4.76. The van der Waals surface area contributed by atoms with E-state index in [1.807, 2.05) is 43.3 Å². The summed E-state index contributed by atoms with van der Waals surface area (Å²) in [6.07, 6.45) is 6.89. The van der Waals surface area contributed by atoms with Gasteiger partial charge in [0.05, 0.1) is 31.7 Å². The Hall–Kier alpha value is -4.15. The lowest BCUT2D eigenvalue weighted by atomic mass is 9.70. The van der Waals surface area contributed by atoms with Crippen LogP contribution in [-0.4, -0.2) is 85.4 Å². The van der Waals surface area contributed by atoms with Crippen molar-refractivity contribution in [1.82, 2.24) is 4.90 Å². The Morgan fingerprint density at radius 1 is 0.957 bits per heavy atom. The summed E-state index contributed by atoms with van der Waals surface area (Å²) in [5.74, 6) is -0.868. The molecule has 252 valence electrons. The number of benzene rings is 2. The fourth-order valence-electron chi connectivity index (χ4n) is 7.58. The second kappa shape index (κ2) is 15.2. The summed E-state index contributed by atoms with van der Waals surface area (Å²) in [5, 5.41) is 9.25. The lowest BCUT2D eigenvalue weighted by Crippen LogP contribution is -2.56. The number of hydrogen-bond acceptors (Lipinski definition) is 7. The van der Waals surface area contributed by atoms with Crippen molar-refractivity contribution in [1.29, 1.82) is 0 Å². The number of carbonyl (C=O) groups is 3. The fourth-order valence-corrected chi connectivity index (χ4v) is 7.58. The number of amides is 3. The van der Waals surface area contributed by atoms with Gasteiger partial charge in [-0.2, -0.15) is 0 Å². The molecule has 3 amide bonds. The van der Waals surface area contributed by atoms with Crippen molar-refractivity contribution in [3.8, 4) is 11.5 Å². The van der Waals surface area contributed by atoms with Crippen molar-refractivity contribution in [2.24, 2.45) is 11.8 Å². The summed E-state index contributed by atoms with van der Waals surface area (Å²) < 4.78 is 17.7. The highest BCUT2D eigenvalue weighted by molar-refractivity contribution is 6.06. The van der Waals surface area contributed by atoms with Gasteiger partial charge < -0.3 is 34.0 Å². The molecule has 2 aromatic rings. The molecule has 2 unspecified atom stereocenters. The molecule has 1 N–H and O–H groups in total. The van der Waals surface area contributed by atoms with Crippen LogP contribution in [0.2, 0.25) is 0 Å². The van der Waals surface area contributed by atoms with E-state index in [1.165, 1.54) is 0 Å². The van der Waals surface area contributed by atoms with Crippen LogP contribution in [0.1, 0.15) is 45.4 Å². The summed E-state index contributed by atoms with van der Waals surface area (Å²) in [4.78, 5) is 48.7.